The highest BCUT2D eigenvalue weighted by atomic mass is 35.5. The number of hydrogen-bond acceptors (Lipinski definition) is 7. The largest absolute Gasteiger partial charge is 0.382 e. The molecule has 4 rings (SSSR count). The third-order valence-corrected chi connectivity index (χ3v) is 10.5. The zero-order chi connectivity index (χ0) is 26.5. The van der Waals surface area contributed by atoms with E-state index in [-0.39, 0.29) is 37.7 Å². The van der Waals surface area contributed by atoms with Gasteiger partial charge in [0.15, 0.2) is 21.8 Å². The lowest BCUT2D eigenvalue weighted by Crippen LogP contribution is -2.57. The molecule has 2 aromatic rings. The maximum atomic E-state index is 13.4. The van der Waals surface area contributed by atoms with Crippen molar-refractivity contribution in [3.8, 4) is 0 Å². The Morgan fingerprint density at radius 3 is 2.47 bits per heavy atom. The molecule has 0 saturated heterocycles. The van der Waals surface area contributed by atoms with Crippen molar-refractivity contribution in [2.45, 2.75) is 55.4 Å². The van der Waals surface area contributed by atoms with Gasteiger partial charge < -0.3 is 25.6 Å². The summed E-state index contributed by atoms with van der Waals surface area (Å²) in [6, 6.07) is 7.01. The van der Waals surface area contributed by atoms with Crippen molar-refractivity contribution in [3.63, 3.8) is 0 Å². The summed E-state index contributed by atoms with van der Waals surface area (Å²) in [5.41, 5.74) is 6.19. The molecule has 4 N–H and O–H groups in total. The Kier molecular flexibility index (Phi) is 6.65. The van der Waals surface area contributed by atoms with E-state index in [1.807, 2.05) is 0 Å². The van der Waals surface area contributed by atoms with E-state index in [9.17, 15) is 27.9 Å². The number of aromatic nitrogens is 2. The number of rotatable bonds is 9. The van der Waals surface area contributed by atoms with Crippen molar-refractivity contribution >= 4 is 39.2 Å². The van der Waals surface area contributed by atoms with Gasteiger partial charge in [0.25, 0.3) is 11.8 Å². The Labute approximate surface area is 213 Å². The van der Waals surface area contributed by atoms with Gasteiger partial charge in [0.05, 0.1) is 10.9 Å². The van der Waals surface area contributed by atoms with Crippen LogP contribution in [0.4, 0.5) is 0 Å². The first kappa shape index (κ1) is 26.1. The van der Waals surface area contributed by atoms with Crippen LogP contribution in [0.15, 0.2) is 30.5 Å². The minimum absolute atomic E-state index is 0.0893. The topological polar surface area (TPSA) is 165 Å². The normalized spacial score (nSPS) is 17.9. The number of fused-ring (bicyclic) bond motifs is 1. The predicted molar refractivity (Wildman–Crippen MR) is 131 cm³/mol. The van der Waals surface area contributed by atoms with Gasteiger partial charge in [-0.3, -0.25) is 14.4 Å². The number of aliphatic hydroxyl groups excluding tert-OH is 1. The van der Waals surface area contributed by atoms with E-state index < -0.39 is 43.2 Å². The molecule has 1 aromatic carbocycles. The highest BCUT2D eigenvalue weighted by Crippen LogP contribution is 2.49. The van der Waals surface area contributed by atoms with Gasteiger partial charge in [-0.1, -0.05) is 23.7 Å². The first-order valence-corrected chi connectivity index (χ1v) is 13.3. The minimum Gasteiger partial charge on any atom is -0.382 e. The van der Waals surface area contributed by atoms with E-state index in [1.54, 1.807) is 24.3 Å². The lowest BCUT2D eigenvalue weighted by atomic mass is 10.1. The van der Waals surface area contributed by atoms with Crippen LogP contribution in [0.25, 0.3) is 0 Å². The van der Waals surface area contributed by atoms with Gasteiger partial charge in [-0.25, -0.2) is 13.4 Å². The van der Waals surface area contributed by atoms with E-state index in [4.69, 9.17) is 17.3 Å². The molecule has 194 valence electrons. The average Bonchev–Trinajstić information content (AvgIpc) is 3.50. The molecule has 1 aliphatic carbocycles. The van der Waals surface area contributed by atoms with Crippen molar-refractivity contribution in [2.75, 3.05) is 13.1 Å². The summed E-state index contributed by atoms with van der Waals surface area (Å²) in [4.78, 5) is 43.0. The van der Waals surface area contributed by atoms with E-state index in [1.165, 1.54) is 29.5 Å². The molecule has 0 bridgehead atoms. The van der Waals surface area contributed by atoms with E-state index in [0.717, 1.165) is 5.56 Å². The monoisotopic (exact) mass is 537 g/mol. The lowest BCUT2D eigenvalue weighted by Gasteiger charge is -2.36. The average molecular weight is 538 g/mol. The van der Waals surface area contributed by atoms with Gasteiger partial charge in [-0.2, -0.15) is 0 Å². The fourth-order valence-corrected chi connectivity index (χ4v) is 7.12. The molecule has 1 saturated carbocycles. The standard InChI is InChI=1S/C23H28ClN5O6S/c1-22(2,17(30)18(25)31)36(34,35)23(7-8-23)13-28-9-10-29-16(21(28)33)12-26-19(29)20(32)27-11-14-3-5-15(24)6-4-14/h3-6,12,17,30H,7-11,13H2,1-2H3,(H2,25,31)(H,27,32). The summed E-state index contributed by atoms with van der Waals surface area (Å²) in [7, 11) is -4.06. The number of carbonyl (C=O) groups excluding carboxylic acids is 3. The number of sulfone groups is 1. The summed E-state index contributed by atoms with van der Waals surface area (Å²) in [6.07, 6.45) is 0.0186. The van der Waals surface area contributed by atoms with Crippen LogP contribution in [0.5, 0.6) is 0 Å². The quantitative estimate of drug-likeness (QED) is 0.419. The number of nitrogens with two attached hydrogens (primary N) is 1. The van der Waals surface area contributed by atoms with Crippen LogP contribution in [-0.2, 0) is 27.7 Å². The van der Waals surface area contributed by atoms with Crippen LogP contribution >= 0.6 is 11.6 Å². The van der Waals surface area contributed by atoms with Crippen LogP contribution in [0.2, 0.25) is 5.02 Å². The van der Waals surface area contributed by atoms with Crippen molar-refractivity contribution < 1.29 is 27.9 Å². The minimum atomic E-state index is -4.06. The fraction of sp³-hybridized carbons (Fsp3) is 0.478. The van der Waals surface area contributed by atoms with Crippen LogP contribution < -0.4 is 11.1 Å². The summed E-state index contributed by atoms with van der Waals surface area (Å²) in [6.45, 7) is 3.13. The molecule has 1 aromatic heterocycles. The molecule has 36 heavy (non-hydrogen) atoms. The Morgan fingerprint density at radius 2 is 1.89 bits per heavy atom. The molecule has 13 heteroatoms. The lowest BCUT2D eigenvalue weighted by molar-refractivity contribution is -0.127. The number of primary amides is 1. The number of hydrogen-bond donors (Lipinski definition) is 3. The van der Waals surface area contributed by atoms with Crippen LogP contribution in [0.3, 0.4) is 0 Å². The van der Waals surface area contributed by atoms with Crippen molar-refractivity contribution in [2.24, 2.45) is 5.73 Å². The number of amides is 3. The molecule has 1 fully saturated rings. The molecular formula is C23H28ClN5O6S. The summed E-state index contributed by atoms with van der Waals surface area (Å²) < 4.78 is 25.3. The SMILES string of the molecule is CC(C)(C(O)C(N)=O)S(=O)(=O)C1(CN2CCn3c(cnc3C(=O)NCc3ccc(Cl)cc3)C2=O)CC1. The molecule has 3 amide bonds. The first-order chi connectivity index (χ1) is 16.8. The van der Waals surface area contributed by atoms with Crippen LogP contribution in [0.1, 0.15) is 53.4 Å². The number of nitrogens with zero attached hydrogens (tertiary/aromatic N) is 3. The Hall–Kier alpha value is -2.96. The van der Waals surface area contributed by atoms with Gasteiger partial charge >= 0.3 is 0 Å². The second kappa shape index (κ2) is 9.16. The molecular weight excluding hydrogens is 510 g/mol. The summed E-state index contributed by atoms with van der Waals surface area (Å²) in [5, 5.41) is 13.5. The fourth-order valence-electron chi connectivity index (χ4n) is 4.50. The second-order valence-corrected chi connectivity index (χ2v) is 13.1. The van der Waals surface area contributed by atoms with Crippen molar-refractivity contribution in [3.05, 3.63) is 52.6 Å². The zero-order valence-corrected chi connectivity index (χ0v) is 21.5. The first-order valence-electron chi connectivity index (χ1n) is 11.4. The Bertz CT molecular complexity index is 1320. The highest BCUT2D eigenvalue weighted by Gasteiger charge is 2.63. The van der Waals surface area contributed by atoms with E-state index >= 15 is 0 Å². The van der Waals surface area contributed by atoms with Crippen LogP contribution in [-0.4, -0.2) is 74.4 Å². The third-order valence-electron chi connectivity index (χ3n) is 7.00. The molecule has 11 nitrogen and oxygen atoms in total. The summed E-state index contributed by atoms with van der Waals surface area (Å²) in [5.74, 6) is -1.92. The zero-order valence-electron chi connectivity index (χ0n) is 19.9. The maximum absolute atomic E-state index is 13.4. The number of halogens is 1. The number of carbonyl (C=O) groups is 3. The van der Waals surface area contributed by atoms with Gasteiger partial charge in [0.2, 0.25) is 5.91 Å². The van der Waals surface area contributed by atoms with E-state index in [0.29, 0.717) is 17.9 Å². The van der Waals surface area contributed by atoms with Gasteiger partial charge in [0, 0.05) is 31.2 Å². The summed E-state index contributed by atoms with van der Waals surface area (Å²) >= 11 is 5.88. The number of nitrogens with one attached hydrogen (secondary N) is 1. The third kappa shape index (κ3) is 4.37. The number of imidazole rings is 1. The van der Waals surface area contributed by atoms with Crippen molar-refractivity contribution in [1.29, 1.82) is 0 Å². The van der Waals surface area contributed by atoms with Crippen LogP contribution in [0, 0.1) is 0 Å². The highest BCUT2D eigenvalue weighted by molar-refractivity contribution is 7.94. The van der Waals surface area contributed by atoms with Gasteiger partial charge in [-0.15, -0.1) is 0 Å². The Balaban J connectivity index is 1.47. The molecule has 1 unspecified atom stereocenters. The molecule has 2 heterocycles. The predicted octanol–water partition coefficient (Wildman–Crippen LogP) is 0.495. The molecule has 0 spiro atoms. The Morgan fingerprint density at radius 1 is 1.25 bits per heavy atom. The molecule has 2 aliphatic rings. The van der Waals surface area contributed by atoms with Gasteiger partial charge in [-0.05, 0) is 44.4 Å². The van der Waals surface area contributed by atoms with E-state index in [2.05, 4.69) is 10.3 Å². The van der Waals surface area contributed by atoms with Crippen molar-refractivity contribution in [1.82, 2.24) is 19.8 Å². The number of aliphatic hydroxyl groups is 1. The maximum Gasteiger partial charge on any atom is 0.287 e. The molecule has 0 radical (unpaired) electrons. The van der Waals surface area contributed by atoms with Gasteiger partial charge in [0.1, 0.15) is 10.4 Å². The smallest absolute Gasteiger partial charge is 0.287 e. The molecule has 1 aliphatic heterocycles. The second-order valence-electron chi connectivity index (χ2n) is 9.75. The number of benzene rings is 1. The molecule has 1 atom stereocenters.